The number of H-pyrrole nitrogens is 1. The second-order valence-electron chi connectivity index (χ2n) is 4.30. The van der Waals surface area contributed by atoms with Crippen molar-refractivity contribution >= 4 is 18.2 Å². The molecule has 0 saturated heterocycles. The molecule has 0 spiro atoms. The zero-order valence-corrected chi connectivity index (χ0v) is 11.1. The summed E-state index contributed by atoms with van der Waals surface area (Å²) in [4.78, 5) is 36.1. The van der Waals surface area contributed by atoms with Crippen molar-refractivity contribution in [3.05, 3.63) is 22.5 Å². The van der Waals surface area contributed by atoms with Gasteiger partial charge in [-0.05, 0) is 31.4 Å². The lowest BCUT2D eigenvalue weighted by Gasteiger charge is -2.08. The lowest BCUT2D eigenvalue weighted by molar-refractivity contribution is -0.143. The number of aromatic amines is 1. The van der Waals surface area contributed by atoms with Gasteiger partial charge in [0.1, 0.15) is 6.29 Å². The summed E-state index contributed by atoms with van der Waals surface area (Å²) in [7, 11) is 1.22. The van der Waals surface area contributed by atoms with Crippen LogP contribution in [0.5, 0.6) is 0 Å². The molecule has 0 saturated carbocycles. The fraction of sp³-hybridized carbons (Fsp3) is 0.462. The number of rotatable bonds is 6. The minimum absolute atomic E-state index is 0.00293. The van der Waals surface area contributed by atoms with Crippen molar-refractivity contribution in [2.45, 2.75) is 32.6 Å². The van der Waals surface area contributed by atoms with E-state index in [9.17, 15) is 14.4 Å². The Kier molecular flexibility index (Phi) is 4.86. The quantitative estimate of drug-likeness (QED) is 0.457. The Labute approximate surface area is 110 Å². The van der Waals surface area contributed by atoms with Crippen molar-refractivity contribution in [3.63, 3.8) is 0 Å². The van der Waals surface area contributed by atoms with E-state index in [-0.39, 0.29) is 6.42 Å². The number of nitrogens with one attached hydrogen (secondary N) is 1. The Morgan fingerprint density at radius 3 is 2.53 bits per heavy atom. The average molecular weight is 267 g/mol. The van der Waals surface area contributed by atoms with Crippen LogP contribution in [0.4, 0.5) is 0 Å². The second kappa shape index (κ2) is 6.17. The van der Waals surface area contributed by atoms with E-state index in [1.54, 1.807) is 13.8 Å². The summed E-state index contributed by atoms with van der Waals surface area (Å²) in [6, 6.07) is 0. The minimum atomic E-state index is -0.998. The van der Waals surface area contributed by atoms with Gasteiger partial charge in [0.25, 0.3) is 0 Å². The third kappa shape index (κ3) is 3.21. The lowest BCUT2D eigenvalue weighted by atomic mass is 9.99. The minimum Gasteiger partial charge on any atom is -0.481 e. The maximum atomic E-state index is 11.5. The zero-order chi connectivity index (χ0) is 14.6. The first-order valence-corrected chi connectivity index (χ1v) is 5.85. The summed E-state index contributed by atoms with van der Waals surface area (Å²) in [5, 5.41) is 8.70. The fourth-order valence-electron chi connectivity index (χ4n) is 2.10. The monoisotopic (exact) mass is 267 g/mol. The van der Waals surface area contributed by atoms with Crippen LogP contribution in [0.15, 0.2) is 0 Å². The first-order valence-electron chi connectivity index (χ1n) is 5.85. The number of aromatic nitrogens is 1. The first kappa shape index (κ1) is 14.9. The standard InChI is InChI=1S/C13H17NO5/c1-7-9(4-5-11(16)17)8(2)14-12(7)10(6-15)13(18)19-3/h6,10,14H,4-5H2,1-3H3,(H,16,17). The second-order valence-corrected chi connectivity index (χ2v) is 4.30. The molecule has 1 atom stereocenters. The van der Waals surface area contributed by atoms with Crippen LogP contribution < -0.4 is 0 Å². The third-order valence-electron chi connectivity index (χ3n) is 3.12. The molecule has 0 aliphatic carbocycles. The summed E-state index contributed by atoms with van der Waals surface area (Å²) in [6.07, 6.45) is 0.879. The van der Waals surface area contributed by atoms with E-state index in [0.717, 1.165) is 16.8 Å². The molecule has 0 amide bonds. The van der Waals surface area contributed by atoms with Gasteiger partial charge in [0.05, 0.1) is 7.11 Å². The lowest BCUT2D eigenvalue weighted by Crippen LogP contribution is -2.16. The number of hydrogen-bond donors (Lipinski definition) is 2. The first-order chi connectivity index (χ1) is 8.92. The molecule has 1 unspecified atom stereocenters. The Morgan fingerprint density at radius 1 is 1.42 bits per heavy atom. The molecular formula is C13H17NO5. The third-order valence-corrected chi connectivity index (χ3v) is 3.12. The Morgan fingerprint density at radius 2 is 2.05 bits per heavy atom. The van der Waals surface area contributed by atoms with E-state index >= 15 is 0 Å². The van der Waals surface area contributed by atoms with Crippen LogP contribution >= 0.6 is 0 Å². The van der Waals surface area contributed by atoms with Gasteiger partial charge in [-0.3, -0.25) is 9.59 Å². The van der Waals surface area contributed by atoms with Gasteiger partial charge in [0.15, 0.2) is 5.92 Å². The van der Waals surface area contributed by atoms with E-state index in [0.29, 0.717) is 18.4 Å². The van der Waals surface area contributed by atoms with Gasteiger partial charge < -0.3 is 19.6 Å². The molecule has 0 aliphatic heterocycles. The molecule has 1 aromatic rings. The highest BCUT2D eigenvalue weighted by Crippen LogP contribution is 2.25. The highest BCUT2D eigenvalue weighted by atomic mass is 16.5. The van der Waals surface area contributed by atoms with Crippen molar-refractivity contribution in [2.24, 2.45) is 0 Å². The summed E-state index contributed by atoms with van der Waals surface area (Å²) in [6.45, 7) is 3.54. The molecule has 0 aliphatic rings. The smallest absolute Gasteiger partial charge is 0.321 e. The molecule has 0 aromatic carbocycles. The van der Waals surface area contributed by atoms with Gasteiger partial charge in [0.2, 0.25) is 0 Å². The number of ether oxygens (including phenoxy) is 1. The van der Waals surface area contributed by atoms with Crippen LogP contribution in [0.3, 0.4) is 0 Å². The number of aliphatic carboxylic acids is 1. The number of carboxylic acid groups (broad SMARTS) is 1. The molecule has 0 bridgehead atoms. The van der Waals surface area contributed by atoms with Crippen molar-refractivity contribution in [3.8, 4) is 0 Å². The van der Waals surface area contributed by atoms with E-state index in [4.69, 9.17) is 5.11 Å². The molecule has 19 heavy (non-hydrogen) atoms. The van der Waals surface area contributed by atoms with Crippen LogP contribution in [0.25, 0.3) is 0 Å². The van der Waals surface area contributed by atoms with Crippen molar-refractivity contribution in [1.29, 1.82) is 0 Å². The number of carbonyl (C=O) groups excluding carboxylic acids is 2. The summed E-state index contributed by atoms with van der Waals surface area (Å²) in [5.41, 5.74) is 2.80. The molecule has 1 aromatic heterocycles. The SMILES string of the molecule is COC(=O)C(C=O)c1[nH]c(C)c(CCC(=O)O)c1C. The van der Waals surface area contributed by atoms with Gasteiger partial charge in [-0.15, -0.1) is 0 Å². The Balaban J connectivity index is 3.10. The highest BCUT2D eigenvalue weighted by molar-refractivity contribution is 5.94. The molecule has 6 heteroatoms. The van der Waals surface area contributed by atoms with Gasteiger partial charge in [0, 0.05) is 17.8 Å². The van der Waals surface area contributed by atoms with E-state index in [1.165, 1.54) is 7.11 Å². The number of hydrogen-bond acceptors (Lipinski definition) is 4. The van der Waals surface area contributed by atoms with E-state index < -0.39 is 17.9 Å². The van der Waals surface area contributed by atoms with Gasteiger partial charge >= 0.3 is 11.9 Å². The molecular weight excluding hydrogens is 250 g/mol. The average Bonchev–Trinajstić information content (AvgIpc) is 2.63. The fourth-order valence-corrected chi connectivity index (χ4v) is 2.10. The van der Waals surface area contributed by atoms with Crippen molar-refractivity contribution in [1.82, 2.24) is 4.98 Å². The van der Waals surface area contributed by atoms with Gasteiger partial charge in [-0.1, -0.05) is 0 Å². The Hall–Kier alpha value is -2.11. The zero-order valence-electron chi connectivity index (χ0n) is 11.1. The highest BCUT2D eigenvalue weighted by Gasteiger charge is 2.26. The van der Waals surface area contributed by atoms with Crippen molar-refractivity contribution in [2.75, 3.05) is 7.11 Å². The topological polar surface area (TPSA) is 96.5 Å². The normalized spacial score (nSPS) is 11.9. The van der Waals surface area contributed by atoms with E-state index in [2.05, 4.69) is 9.72 Å². The number of aryl methyl sites for hydroxylation is 1. The molecule has 104 valence electrons. The van der Waals surface area contributed by atoms with Gasteiger partial charge in [-0.25, -0.2) is 0 Å². The largest absolute Gasteiger partial charge is 0.481 e. The number of carboxylic acids is 1. The number of aldehydes is 1. The van der Waals surface area contributed by atoms with Crippen LogP contribution in [-0.4, -0.2) is 35.4 Å². The predicted molar refractivity (Wildman–Crippen MR) is 67.0 cm³/mol. The summed E-state index contributed by atoms with van der Waals surface area (Å²) in [5.74, 6) is -2.52. The van der Waals surface area contributed by atoms with E-state index in [1.807, 2.05) is 0 Å². The molecule has 1 heterocycles. The number of esters is 1. The Bertz CT molecular complexity index is 503. The molecule has 0 radical (unpaired) electrons. The molecule has 2 N–H and O–H groups in total. The van der Waals surface area contributed by atoms with Crippen LogP contribution in [0.1, 0.15) is 34.9 Å². The van der Waals surface area contributed by atoms with Crippen LogP contribution in [0.2, 0.25) is 0 Å². The molecule has 1 rings (SSSR count). The molecule has 0 fully saturated rings. The predicted octanol–water partition coefficient (Wildman–Crippen LogP) is 1.10. The number of carbonyl (C=O) groups is 3. The molecule has 6 nitrogen and oxygen atoms in total. The number of methoxy groups -OCH3 is 1. The summed E-state index contributed by atoms with van der Waals surface area (Å²) >= 11 is 0. The summed E-state index contributed by atoms with van der Waals surface area (Å²) < 4.78 is 4.58. The maximum absolute atomic E-state index is 11.5. The van der Waals surface area contributed by atoms with Crippen molar-refractivity contribution < 1.29 is 24.2 Å². The maximum Gasteiger partial charge on any atom is 0.321 e. The van der Waals surface area contributed by atoms with Gasteiger partial charge in [-0.2, -0.15) is 0 Å². The van der Waals surface area contributed by atoms with Crippen LogP contribution in [-0.2, 0) is 25.5 Å². The van der Waals surface area contributed by atoms with Crippen LogP contribution in [0, 0.1) is 13.8 Å².